The Morgan fingerprint density at radius 2 is 1.87 bits per heavy atom. The Bertz CT molecular complexity index is 1640. The Morgan fingerprint density at radius 3 is 2.61 bits per heavy atom. The van der Waals surface area contributed by atoms with Crippen LogP contribution in [-0.2, 0) is 22.6 Å². The normalized spacial score (nSPS) is 18.1. The topological polar surface area (TPSA) is 86.5 Å². The number of hydrogen-bond acceptors (Lipinski definition) is 8. The summed E-state index contributed by atoms with van der Waals surface area (Å²) in [6.07, 6.45) is 5.23. The monoisotopic (exact) mass is 623 g/mol. The quantitative estimate of drug-likeness (QED) is 0.230. The summed E-state index contributed by atoms with van der Waals surface area (Å²) >= 11 is 0. The number of fused-ring (bicyclic) bond motifs is 2. The highest BCUT2D eigenvalue weighted by molar-refractivity contribution is 5.97. The number of piperidine rings is 1. The lowest BCUT2D eigenvalue weighted by Gasteiger charge is -2.39. The molecule has 1 unspecified atom stereocenters. The van der Waals surface area contributed by atoms with Gasteiger partial charge in [-0.3, -0.25) is 9.59 Å². The third-order valence-electron chi connectivity index (χ3n) is 8.98. The number of carbonyl (C=O) groups excluding carboxylic acids is 2. The highest BCUT2D eigenvalue weighted by Crippen LogP contribution is 2.37. The third-order valence-corrected chi connectivity index (χ3v) is 8.98. The van der Waals surface area contributed by atoms with Crippen molar-refractivity contribution in [2.45, 2.75) is 32.7 Å². The van der Waals surface area contributed by atoms with E-state index < -0.39 is 0 Å². The number of carbonyl (C=O) groups is 2. The molecular formula is C36H45N7O3. The Labute approximate surface area is 272 Å². The molecule has 46 heavy (non-hydrogen) atoms. The van der Waals surface area contributed by atoms with Gasteiger partial charge >= 0.3 is 6.01 Å². The largest absolute Gasteiger partial charge is 0.463 e. The van der Waals surface area contributed by atoms with Crippen LogP contribution in [-0.4, -0.2) is 99.0 Å². The molecule has 2 atom stereocenters. The molecule has 3 aromatic rings. The number of likely N-dealkylation sites (N-methyl/N-ethyl adjacent to an activating group) is 1. The molecule has 1 saturated heterocycles. The Balaban J connectivity index is 1.45. The molecule has 1 amide bonds. The van der Waals surface area contributed by atoms with E-state index in [1.165, 1.54) is 22.0 Å². The zero-order chi connectivity index (χ0) is 32.8. The van der Waals surface area contributed by atoms with Crippen LogP contribution in [0.25, 0.3) is 15.6 Å². The number of nitrogens with zero attached hydrogens (tertiary/aromatic N) is 7. The molecule has 0 saturated carbocycles. The highest BCUT2D eigenvalue weighted by Gasteiger charge is 2.37. The van der Waals surface area contributed by atoms with Crippen molar-refractivity contribution in [3.63, 3.8) is 0 Å². The Kier molecular flexibility index (Phi) is 10.5. The molecule has 2 aliphatic heterocycles. The van der Waals surface area contributed by atoms with Crippen LogP contribution in [0, 0.1) is 25.3 Å². The van der Waals surface area contributed by atoms with Crippen molar-refractivity contribution in [2.24, 2.45) is 11.8 Å². The van der Waals surface area contributed by atoms with E-state index in [4.69, 9.17) is 21.3 Å². The van der Waals surface area contributed by atoms with E-state index in [9.17, 15) is 9.59 Å². The van der Waals surface area contributed by atoms with Crippen LogP contribution in [0.4, 0.5) is 11.5 Å². The number of allylic oxidation sites excluding steroid dienone is 1. The summed E-state index contributed by atoms with van der Waals surface area (Å²) in [4.78, 5) is 47.1. The van der Waals surface area contributed by atoms with Crippen LogP contribution in [0.1, 0.15) is 29.7 Å². The predicted octanol–water partition coefficient (Wildman–Crippen LogP) is 4.41. The summed E-state index contributed by atoms with van der Waals surface area (Å²) < 4.78 is 6.02. The standard InChI is InChI=1S/C36H45N7O3/c1-25-10-7-11-26-12-8-13-31(34(25)26)42-19-16-29-30(24-42)38-36(46-21-17-33(45)41(5)6)39-35(29)43-20-15-28(27(23-43)22-37-2)32(44)14-9-18-40(3)4/h7-14,27-28H,15-24H2,1,3-6H3/b14-9+/t27-,28?/m0/s1. The molecule has 2 aliphatic rings. The summed E-state index contributed by atoms with van der Waals surface area (Å²) in [5, 5.41) is 2.45. The molecule has 3 heterocycles. The fourth-order valence-corrected chi connectivity index (χ4v) is 6.55. The second kappa shape index (κ2) is 14.7. The molecule has 1 aromatic heterocycles. The molecule has 10 heteroatoms. The lowest BCUT2D eigenvalue weighted by molar-refractivity contribution is -0.129. The summed E-state index contributed by atoms with van der Waals surface area (Å²) in [6.45, 7) is 13.6. The number of benzene rings is 2. The number of anilines is 2. The molecule has 5 rings (SSSR count). The fraction of sp³-hybridized carbons (Fsp3) is 0.472. The minimum absolute atomic E-state index is 0.0240. The van der Waals surface area contributed by atoms with E-state index in [1.807, 2.05) is 25.1 Å². The second-order valence-corrected chi connectivity index (χ2v) is 12.8. The van der Waals surface area contributed by atoms with Crippen molar-refractivity contribution in [1.29, 1.82) is 0 Å². The van der Waals surface area contributed by atoms with E-state index in [0.29, 0.717) is 32.6 Å². The lowest BCUT2D eigenvalue weighted by Crippen LogP contribution is -2.45. The maximum absolute atomic E-state index is 13.2. The number of aromatic nitrogens is 2. The molecule has 2 aromatic carbocycles. The number of ether oxygens (including phenoxy) is 1. The van der Waals surface area contributed by atoms with Crippen LogP contribution in [0.15, 0.2) is 48.6 Å². The summed E-state index contributed by atoms with van der Waals surface area (Å²) in [5.41, 5.74) is 4.40. The van der Waals surface area contributed by atoms with Gasteiger partial charge in [0.25, 0.3) is 0 Å². The average molecular weight is 624 g/mol. The first kappa shape index (κ1) is 32.9. The summed E-state index contributed by atoms with van der Waals surface area (Å²) in [7, 11) is 7.40. The van der Waals surface area contributed by atoms with Gasteiger partial charge in [-0.2, -0.15) is 9.97 Å². The summed E-state index contributed by atoms with van der Waals surface area (Å²) in [6, 6.07) is 13.1. The van der Waals surface area contributed by atoms with E-state index in [-0.39, 0.29) is 49.1 Å². The first-order chi connectivity index (χ1) is 22.2. The van der Waals surface area contributed by atoms with Crippen LogP contribution in [0.5, 0.6) is 6.01 Å². The van der Waals surface area contributed by atoms with E-state index in [2.05, 4.69) is 58.0 Å². The first-order valence-electron chi connectivity index (χ1n) is 16.1. The highest BCUT2D eigenvalue weighted by atomic mass is 16.5. The number of ketones is 1. The van der Waals surface area contributed by atoms with Gasteiger partial charge in [0, 0.05) is 62.8 Å². The van der Waals surface area contributed by atoms with Gasteiger partial charge in [0.15, 0.2) is 5.78 Å². The van der Waals surface area contributed by atoms with Crippen LogP contribution < -0.4 is 14.5 Å². The van der Waals surface area contributed by atoms with Crippen LogP contribution in [0.2, 0.25) is 0 Å². The third kappa shape index (κ3) is 7.48. The molecule has 1 fully saturated rings. The molecule has 0 N–H and O–H groups in total. The molecule has 0 spiro atoms. The SMILES string of the molecule is [C-]#[N+]C[C@H]1CN(c2nc(OCCC(=O)N(C)C)nc3c2CCN(c2cccc4cccc(C)c24)C3)CCC1C(=O)/C=C/CN(C)C. The zero-order valence-electron chi connectivity index (χ0n) is 27.7. The minimum atomic E-state index is -0.195. The van der Waals surface area contributed by atoms with Gasteiger partial charge in [0.05, 0.1) is 24.6 Å². The Morgan fingerprint density at radius 1 is 1.09 bits per heavy atom. The van der Waals surface area contributed by atoms with Crippen LogP contribution >= 0.6 is 0 Å². The van der Waals surface area contributed by atoms with Gasteiger partial charge in [-0.25, -0.2) is 6.57 Å². The molecule has 10 nitrogen and oxygen atoms in total. The first-order valence-corrected chi connectivity index (χ1v) is 16.1. The zero-order valence-corrected chi connectivity index (χ0v) is 27.7. The lowest BCUT2D eigenvalue weighted by atomic mass is 9.82. The van der Waals surface area contributed by atoms with Gasteiger partial charge in [0.2, 0.25) is 12.5 Å². The van der Waals surface area contributed by atoms with Gasteiger partial charge < -0.3 is 29.2 Å². The molecule has 0 bridgehead atoms. The van der Waals surface area contributed by atoms with Crippen LogP contribution in [0.3, 0.4) is 0 Å². The molecular weight excluding hydrogens is 578 g/mol. The van der Waals surface area contributed by atoms with Gasteiger partial charge in [-0.05, 0) is 57.0 Å². The van der Waals surface area contributed by atoms with Gasteiger partial charge in [-0.1, -0.05) is 36.4 Å². The number of amides is 1. The van der Waals surface area contributed by atoms with Crippen molar-refractivity contribution in [3.05, 3.63) is 76.8 Å². The van der Waals surface area contributed by atoms with Crippen molar-refractivity contribution in [3.8, 4) is 6.01 Å². The minimum Gasteiger partial charge on any atom is -0.463 e. The van der Waals surface area contributed by atoms with Crippen molar-refractivity contribution >= 4 is 34.0 Å². The van der Waals surface area contributed by atoms with Crippen molar-refractivity contribution in [2.75, 3.05) is 77.3 Å². The number of aryl methyl sites for hydroxylation is 1. The average Bonchev–Trinajstić information content (AvgIpc) is 3.03. The molecule has 242 valence electrons. The van der Waals surface area contributed by atoms with E-state index >= 15 is 0 Å². The van der Waals surface area contributed by atoms with Crippen molar-refractivity contribution < 1.29 is 14.3 Å². The molecule has 0 aliphatic carbocycles. The molecule has 0 radical (unpaired) electrons. The van der Waals surface area contributed by atoms with Gasteiger partial charge in [-0.15, -0.1) is 0 Å². The number of rotatable bonds is 11. The van der Waals surface area contributed by atoms with E-state index in [0.717, 1.165) is 30.0 Å². The maximum atomic E-state index is 13.2. The number of hydrogen-bond donors (Lipinski definition) is 0. The maximum Gasteiger partial charge on any atom is 0.318 e. The van der Waals surface area contributed by atoms with E-state index in [1.54, 1.807) is 25.1 Å². The summed E-state index contributed by atoms with van der Waals surface area (Å²) in [5.74, 6) is 0.588. The van der Waals surface area contributed by atoms with Crippen molar-refractivity contribution in [1.82, 2.24) is 19.8 Å². The predicted molar refractivity (Wildman–Crippen MR) is 182 cm³/mol. The fourth-order valence-electron chi connectivity index (χ4n) is 6.55. The smallest absolute Gasteiger partial charge is 0.318 e. The Hall–Kier alpha value is -4.49. The second-order valence-electron chi connectivity index (χ2n) is 12.8. The van der Waals surface area contributed by atoms with Gasteiger partial charge in [0.1, 0.15) is 12.4 Å².